The van der Waals surface area contributed by atoms with Gasteiger partial charge in [-0.1, -0.05) is 36.1 Å². The average molecular weight is 766 g/mol. The molecule has 8 rings (SSSR count). The Morgan fingerprint density at radius 3 is 2.54 bits per heavy atom. The van der Waals surface area contributed by atoms with Gasteiger partial charge in [0.25, 0.3) is 24.1 Å². The Morgan fingerprint density at radius 2 is 1.77 bits per heavy atom. The number of hydrogen-bond acceptors (Lipinski definition) is 7. The molecule has 5 amide bonds. The first kappa shape index (κ1) is 36.7. The predicted molar refractivity (Wildman–Crippen MR) is 207 cm³/mol. The van der Waals surface area contributed by atoms with Gasteiger partial charge in [0.15, 0.2) is 0 Å². The van der Waals surface area contributed by atoms with Gasteiger partial charge in [-0.2, -0.15) is 0 Å². The number of alkyl halides is 2. The van der Waals surface area contributed by atoms with Crippen LogP contribution in [0, 0.1) is 11.8 Å². The zero-order valence-electron chi connectivity index (χ0n) is 30.4. The molecular weight excluding hydrogens is 733 g/mol. The summed E-state index contributed by atoms with van der Waals surface area (Å²) in [4.78, 5) is 75.8. The number of imide groups is 1. The molecule has 3 aromatic carbocycles. The Morgan fingerprint density at radius 1 is 0.947 bits per heavy atom. The van der Waals surface area contributed by atoms with Crippen molar-refractivity contribution >= 4 is 51.2 Å². The van der Waals surface area contributed by atoms with Crippen LogP contribution in [0.15, 0.2) is 85.3 Å². The number of amides is 5. The van der Waals surface area contributed by atoms with E-state index in [0.717, 1.165) is 16.3 Å². The minimum absolute atomic E-state index is 0.173. The topological polar surface area (TPSA) is 166 Å². The van der Waals surface area contributed by atoms with Crippen molar-refractivity contribution in [2.75, 3.05) is 13.6 Å². The largest absolute Gasteiger partial charge is 0.360 e. The number of piperidine rings is 1. The number of nitrogens with zero attached hydrogens (tertiary/aromatic N) is 3. The molecule has 12 nitrogen and oxygen atoms in total. The number of H-pyrrole nitrogens is 1. The lowest BCUT2D eigenvalue weighted by Crippen LogP contribution is -2.52. The highest BCUT2D eigenvalue weighted by atomic mass is 19.3. The van der Waals surface area contributed by atoms with Crippen molar-refractivity contribution in [3.63, 3.8) is 0 Å². The minimum Gasteiger partial charge on any atom is -0.360 e. The van der Waals surface area contributed by atoms with E-state index in [4.69, 9.17) is 0 Å². The fourth-order valence-electron chi connectivity index (χ4n) is 7.36. The first-order valence-corrected chi connectivity index (χ1v) is 18.2. The summed E-state index contributed by atoms with van der Waals surface area (Å²) in [5, 5.41) is 9.59. The number of aromatic amines is 1. The number of halogens is 2. The number of nitrogens with one attached hydrogen (secondary N) is 4. The monoisotopic (exact) mass is 765 g/mol. The van der Waals surface area contributed by atoms with E-state index in [9.17, 15) is 32.8 Å². The summed E-state index contributed by atoms with van der Waals surface area (Å²) >= 11 is 0. The second-order valence-electron chi connectivity index (χ2n) is 13.6. The molecule has 57 heavy (non-hydrogen) atoms. The number of aromatic nitrogens is 3. The van der Waals surface area contributed by atoms with E-state index in [1.165, 1.54) is 24.2 Å². The summed E-state index contributed by atoms with van der Waals surface area (Å²) in [5.41, 5.74) is 4.79. The van der Waals surface area contributed by atoms with E-state index in [1.807, 2.05) is 24.3 Å². The molecule has 1 atom stereocenters. The maximum atomic E-state index is 14.2. The van der Waals surface area contributed by atoms with Gasteiger partial charge in [-0.15, -0.1) is 0 Å². The Kier molecular flexibility index (Phi) is 9.72. The number of carbonyl (C=O) groups is 5. The van der Waals surface area contributed by atoms with Crippen LogP contribution in [-0.4, -0.2) is 69.0 Å². The average Bonchev–Trinajstić information content (AvgIpc) is 3.80. The number of hydrogen-bond donors (Lipinski definition) is 4. The zero-order valence-corrected chi connectivity index (χ0v) is 30.4. The third kappa shape index (κ3) is 6.95. The number of fused-ring (bicyclic) bond motifs is 3. The van der Waals surface area contributed by atoms with Crippen LogP contribution in [0.1, 0.15) is 73.6 Å². The smallest absolute Gasteiger partial charge is 0.269 e. The lowest BCUT2D eigenvalue weighted by Gasteiger charge is -2.29. The summed E-state index contributed by atoms with van der Waals surface area (Å²) in [6.45, 7) is 0.473. The van der Waals surface area contributed by atoms with Crippen LogP contribution in [0.4, 0.5) is 8.78 Å². The third-order valence-electron chi connectivity index (χ3n) is 10.2. The predicted octanol–water partition coefficient (Wildman–Crippen LogP) is 5.67. The van der Waals surface area contributed by atoms with Crippen LogP contribution in [0.3, 0.4) is 0 Å². The maximum Gasteiger partial charge on any atom is 0.269 e. The standard InChI is InChI=1S/C43H33F2N7O5/c1-46-40(54)32-21-50-38-29(32)16-26(17-30(38)39(44)45)27-9-5-8-24-18-35(49-20-31(24)27)25-11-12-34(48-19-25)41(55)47-15-3-2-6-23-7-4-10-28-33(23)22-52(43(28)57)36-13-14-37(53)51-42(36)56/h4-5,7-12,16-21,36,39,50H,3,13-15,22H2,1H3,(H,46,54)(H,47,55)(H,51,53,56). The van der Waals surface area contributed by atoms with Crippen molar-refractivity contribution in [2.24, 2.45) is 0 Å². The summed E-state index contributed by atoms with van der Waals surface area (Å²) in [6.07, 6.45) is 2.66. The molecule has 2 aliphatic heterocycles. The Balaban J connectivity index is 0.927. The van der Waals surface area contributed by atoms with Gasteiger partial charge < -0.3 is 20.5 Å². The Labute approximate surface area is 324 Å². The first-order valence-electron chi connectivity index (χ1n) is 18.2. The van der Waals surface area contributed by atoms with Crippen molar-refractivity contribution in [3.05, 3.63) is 119 Å². The highest BCUT2D eigenvalue weighted by Crippen LogP contribution is 2.37. The zero-order chi connectivity index (χ0) is 39.8. The van der Waals surface area contributed by atoms with Gasteiger partial charge in [-0.25, -0.2) is 8.78 Å². The summed E-state index contributed by atoms with van der Waals surface area (Å²) in [6, 6.07) is 18.4. The second kappa shape index (κ2) is 15.1. The third-order valence-corrected chi connectivity index (χ3v) is 10.2. The van der Waals surface area contributed by atoms with Gasteiger partial charge in [0.1, 0.15) is 11.7 Å². The van der Waals surface area contributed by atoms with Crippen molar-refractivity contribution in [1.29, 1.82) is 0 Å². The molecule has 1 saturated heterocycles. The Hall–Kier alpha value is -7.27. The van der Waals surface area contributed by atoms with Crippen molar-refractivity contribution in [2.45, 2.75) is 38.3 Å². The van der Waals surface area contributed by atoms with Gasteiger partial charge in [-0.05, 0) is 71.0 Å². The van der Waals surface area contributed by atoms with Crippen molar-refractivity contribution in [3.8, 4) is 34.2 Å². The lowest BCUT2D eigenvalue weighted by molar-refractivity contribution is -0.136. The summed E-state index contributed by atoms with van der Waals surface area (Å²) in [5.74, 6) is 4.28. The van der Waals surface area contributed by atoms with E-state index in [-0.39, 0.29) is 71.9 Å². The van der Waals surface area contributed by atoms with E-state index >= 15 is 0 Å². The number of rotatable bonds is 8. The second-order valence-corrected chi connectivity index (χ2v) is 13.6. The molecule has 0 saturated carbocycles. The number of carbonyl (C=O) groups excluding carboxylic acids is 5. The lowest BCUT2D eigenvalue weighted by atomic mass is 9.95. The normalized spacial score (nSPS) is 15.1. The highest BCUT2D eigenvalue weighted by molar-refractivity contribution is 6.10. The molecule has 5 heterocycles. The quantitative estimate of drug-likeness (QED) is 0.0880. The molecule has 4 N–H and O–H groups in total. The SMILES string of the molecule is CNC(=O)c1c[nH]c2c(C(F)F)cc(-c3cccc4cc(-c5ccc(C(=O)NCCC#Cc6cccc7c6CN(C6CCC(=O)NC6=O)C7=O)nc5)ncc34)cc12. The van der Waals surface area contributed by atoms with Gasteiger partial charge in [0, 0.05) is 84.6 Å². The van der Waals surface area contributed by atoms with Crippen LogP contribution in [0.25, 0.3) is 44.1 Å². The van der Waals surface area contributed by atoms with Crippen LogP contribution in [-0.2, 0) is 16.1 Å². The van der Waals surface area contributed by atoms with Crippen LogP contribution >= 0.6 is 0 Å². The first-order chi connectivity index (χ1) is 27.6. The van der Waals surface area contributed by atoms with Gasteiger partial charge in [-0.3, -0.25) is 39.3 Å². The van der Waals surface area contributed by atoms with E-state index in [1.54, 1.807) is 48.8 Å². The molecule has 1 unspecified atom stereocenters. The maximum absolute atomic E-state index is 14.2. The van der Waals surface area contributed by atoms with E-state index < -0.39 is 18.4 Å². The molecule has 0 radical (unpaired) electrons. The Bertz CT molecular complexity index is 2720. The molecule has 1 fully saturated rings. The molecule has 0 aliphatic carbocycles. The molecule has 14 heteroatoms. The van der Waals surface area contributed by atoms with Crippen LogP contribution in [0.5, 0.6) is 0 Å². The molecule has 3 aromatic heterocycles. The number of pyridine rings is 2. The van der Waals surface area contributed by atoms with Gasteiger partial charge in [0.05, 0.1) is 16.8 Å². The van der Waals surface area contributed by atoms with Gasteiger partial charge in [0.2, 0.25) is 11.8 Å². The molecule has 284 valence electrons. The van der Waals surface area contributed by atoms with E-state index in [2.05, 4.69) is 42.7 Å². The fraction of sp³-hybridized carbons (Fsp3) is 0.186. The summed E-state index contributed by atoms with van der Waals surface area (Å²) in [7, 11) is 1.48. The fourth-order valence-corrected chi connectivity index (χ4v) is 7.36. The molecule has 0 bridgehead atoms. The number of benzene rings is 3. The molecule has 0 spiro atoms. The van der Waals surface area contributed by atoms with Crippen molar-refractivity contribution < 1.29 is 32.8 Å². The van der Waals surface area contributed by atoms with Crippen molar-refractivity contribution in [1.82, 2.24) is 35.8 Å². The van der Waals surface area contributed by atoms with Crippen LogP contribution < -0.4 is 16.0 Å². The van der Waals surface area contributed by atoms with Gasteiger partial charge >= 0.3 is 0 Å². The molecule has 2 aliphatic rings. The molecular formula is C43H33F2N7O5. The summed E-state index contributed by atoms with van der Waals surface area (Å²) < 4.78 is 28.4. The minimum atomic E-state index is -2.77. The van der Waals surface area contributed by atoms with E-state index in [0.29, 0.717) is 45.3 Å². The molecule has 6 aromatic rings. The highest BCUT2D eigenvalue weighted by Gasteiger charge is 2.39. The van der Waals surface area contributed by atoms with Crippen LogP contribution in [0.2, 0.25) is 0 Å².